The Morgan fingerprint density at radius 1 is 1.20 bits per heavy atom. The van der Waals surface area contributed by atoms with Gasteiger partial charge >= 0.3 is 6.18 Å². The fourth-order valence-electron chi connectivity index (χ4n) is 2.07. The third-order valence-corrected chi connectivity index (χ3v) is 5.51. The highest BCUT2D eigenvalue weighted by atomic mass is 32.2. The molecule has 0 saturated carbocycles. The Labute approximate surface area is 150 Å². The highest BCUT2D eigenvalue weighted by Gasteiger charge is 2.30. The molecule has 25 heavy (non-hydrogen) atoms. The van der Waals surface area contributed by atoms with E-state index in [0.29, 0.717) is 11.7 Å². The zero-order valence-electron chi connectivity index (χ0n) is 13.1. The molecular formula is C16H14F3N3OS2. The van der Waals surface area contributed by atoms with Crippen molar-refractivity contribution in [3.8, 4) is 0 Å². The monoisotopic (exact) mass is 385 g/mol. The van der Waals surface area contributed by atoms with Crippen LogP contribution in [-0.4, -0.2) is 10.2 Å². The van der Waals surface area contributed by atoms with Crippen molar-refractivity contribution in [3.63, 3.8) is 0 Å². The number of thioether (sulfide) groups is 1. The summed E-state index contributed by atoms with van der Waals surface area (Å²) in [5.74, 6) is 0.794. The van der Waals surface area contributed by atoms with Crippen LogP contribution < -0.4 is 5.32 Å². The molecule has 1 N–H and O–H groups in total. The Morgan fingerprint density at radius 2 is 1.96 bits per heavy atom. The quantitative estimate of drug-likeness (QED) is 0.559. The molecule has 0 aliphatic rings. The van der Waals surface area contributed by atoms with Gasteiger partial charge in [0.05, 0.1) is 18.4 Å². The number of alkyl halides is 3. The third kappa shape index (κ3) is 4.76. The Hall–Kier alpha value is -2.00. The van der Waals surface area contributed by atoms with Gasteiger partial charge in [0.2, 0.25) is 5.13 Å². The van der Waals surface area contributed by atoms with Gasteiger partial charge in [0.25, 0.3) is 0 Å². The normalized spacial score (nSPS) is 13.0. The largest absolute Gasteiger partial charge is 0.467 e. The average Bonchev–Trinajstić information content (AvgIpc) is 3.24. The van der Waals surface area contributed by atoms with Crippen LogP contribution in [0.2, 0.25) is 0 Å². The van der Waals surface area contributed by atoms with Crippen LogP contribution >= 0.6 is 23.1 Å². The summed E-state index contributed by atoms with van der Waals surface area (Å²) in [5, 5.41) is 11.9. The van der Waals surface area contributed by atoms with Crippen molar-refractivity contribution >= 4 is 28.2 Å². The van der Waals surface area contributed by atoms with Crippen molar-refractivity contribution in [2.75, 3.05) is 5.32 Å². The minimum atomic E-state index is -4.32. The number of hydrogen-bond donors (Lipinski definition) is 1. The molecule has 2 aromatic heterocycles. The summed E-state index contributed by atoms with van der Waals surface area (Å²) < 4.78 is 43.8. The van der Waals surface area contributed by atoms with E-state index in [1.807, 2.05) is 19.1 Å². The summed E-state index contributed by atoms with van der Waals surface area (Å²) in [6.07, 6.45) is -2.72. The average molecular weight is 385 g/mol. The van der Waals surface area contributed by atoms with Gasteiger partial charge in [0.15, 0.2) is 4.34 Å². The summed E-state index contributed by atoms with van der Waals surface area (Å²) in [6.45, 7) is 2.44. The molecule has 0 radical (unpaired) electrons. The number of hydrogen-bond acceptors (Lipinski definition) is 6. The Balaban J connectivity index is 1.58. The summed E-state index contributed by atoms with van der Waals surface area (Å²) >= 11 is 2.85. The first kappa shape index (κ1) is 17.8. The molecule has 0 aliphatic carbocycles. The van der Waals surface area contributed by atoms with Crippen LogP contribution in [0.25, 0.3) is 0 Å². The number of furan rings is 1. The van der Waals surface area contributed by atoms with E-state index in [9.17, 15) is 13.2 Å². The van der Waals surface area contributed by atoms with E-state index in [0.717, 1.165) is 27.8 Å². The zero-order chi connectivity index (χ0) is 17.9. The molecule has 0 spiro atoms. The van der Waals surface area contributed by atoms with Gasteiger partial charge in [-0.2, -0.15) is 13.2 Å². The number of nitrogens with one attached hydrogen (secondary N) is 1. The van der Waals surface area contributed by atoms with Crippen LogP contribution in [-0.2, 0) is 12.7 Å². The van der Waals surface area contributed by atoms with E-state index in [-0.39, 0.29) is 5.25 Å². The fraction of sp³-hybridized carbons (Fsp3) is 0.250. The summed E-state index contributed by atoms with van der Waals surface area (Å²) in [4.78, 5) is 0. The Morgan fingerprint density at radius 3 is 2.60 bits per heavy atom. The van der Waals surface area contributed by atoms with Crippen LogP contribution in [0, 0.1) is 0 Å². The molecule has 0 saturated heterocycles. The first-order chi connectivity index (χ1) is 11.9. The molecule has 3 rings (SSSR count). The predicted octanol–water partition coefficient (Wildman–Crippen LogP) is 5.62. The first-order valence-electron chi connectivity index (χ1n) is 7.35. The van der Waals surface area contributed by atoms with Crippen molar-refractivity contribution in [1.82, 2.24) is 10.2 Å². The lowest BCUT2D eigenvalue weighted by atomic mass is 10.1. The molecule has 1 atom stereocenters. The maximum Gasteiger partial charge on any atom is 0.416 e. The highest BCUT2D eigenvalue weighted by molar-refractivity contribution is 8.01. The number of nitrogens with zero attached hydrogens (tertiary/aromatic N) is 2. The molecule has 0 amide bonds. The number of rotatable bonds is 6. The minimum Gasteiger partial charge on any atom is -0.467 e. The van der Waals surface area contributed by atoms with Gasteiger partial charge in [-0.3, -0.25) is 0 Å². The van der Waals surface area contributed by atoms with Crippen LogP contribution in [0.15, 0.2) is 51.4 Å². The summed E-state index contributed by atoms with van der Waals surface area (Å²) in [6, 6.07) is 8.86. The summed E-state index contributed by atoms with van der Waals surface area (Å²) in [5.41, 5.74) is 0.159. The van der Waals surface area contributed by atoms with Crippen molar-refractivity contribution in [3.05, 3.63) is 59.5 Å². The minimum absolute atomic E-state index is 0.0341. The van der Waals surface area contributed by atoms with Gasteiger partial charge in [0.1, 0.15) is 5.76 Å². The lowest BCUT2D eigenvalue weighted by Crippen LogP contribution is -2.04. The Bertz CT molecular complexity index is 801. The lowest BCUT2D eigenvalue weighted by Gasteiger charge is -2.11. The topological polar surface area (TPSA) is 51.0 Å². The van der Waals surface area contributed by atoms with Crippen molar-refractivity contribution < 1.29 is 17.6 Å². The van der Waals surface area contributed by atoms with Crippen LogP contribution in [0.3, 0.4) is 0 Å². The van der Waals surface area contributed by atoms with Gasteiger partial charge in [-0.15, -0.1) is 10.2 Å². The lowest BCUT2D eigenvalue weighted by molar-refractivity contribution is -0.137. The SMILES string of the molecule is CC(Sc1nnc(NCc2ccco2)s1)c1ccc(C(F)(F)F)cc1. The highest BCUT2D eigenvalue weighted by Crippen LogP contribution is 2.38. The van der Waals surface area contributed by atoms with E-state index in [2.05, 4.69) is 15.5 Å². The molecule has 0 aliphatic heterocycles. The van der Waals surface area contributed by atoms with Crippen LogP contribution in [0.1, 0.15) is 29.1 Å². The van der Waals surface area contributed by atoms with Gasteiger partial charge in [-0.05, 0) is 36.8 Å². The molecule has 0 fully saturated rings. The zero-order valence-corrected chi connectivity index (χ0v) is 14.7. The van der Waals surface area contributed by atoms with Crippen LogP contribution in [0.4, 0.5) is 18.3 Å². The van der Waals surface area contributed by atoms with Crippen molar-refractivity contribution in [2.45, 2.75) is 29.2 Å². The first-order valence-corrected chi connectivity index (χ1v) is 9.05. The van der Waals surface area contributed by atoms with E-state index in [1.54, 1.807) is 6.26 Å². The number of anilines is 1. The second-order valence-electron chi connectivity index (χ2n) is 5.19. The molecule has 4 nitrogen and oxygen atoms in total. The van der Waals surface area contributed by atoms with Crippen LogP contribution in [0.5, 0.6) is 0 Å². The molecule has 0 bridgehead atoms. The Kier molecular flexibility index (Phi) is 5.33. The van der Waals surface area contributed by atoms with Gasteiger partial charge in [0, 0.05) is 5.25 Å². The maximum atomic E-state index is 12.6. The maximum absolute atomic E-state index is 12.6. The predicted molar refractivity (Wildman–Crippen MR) is 91.7 cm³/mol. The number of benzene rings is 1. The molecule has 2 heterocycles. The second kappa shape index (κ2) is 7.49. The molecule has 1 unspecified atom stereocenters. The van der Waals surface area contributed by atoms with Crippen molar-refractivity contribution in [1.29, 1.82) is 0 Å². The number of aromatic nitrogens is 2. The molecule has 3 aromatic rings. The van der Waals surface area contributed by atoms with E-state index in [4.69, 9.17) is 4.42 Å². The fourth-order valence-corrected chi connectivity index (χ4v) is 4.09. The number of halogens is 3. The van der Waals surface area contributed by atoms with Crippen molar-refractivity contribution in [2.24, 2.45) is 0 Å². The summed E-state index contributed by atoms with van der Waals surface area (Å²) in [7, 11) is 0. The van der Waals surface area contributed by atoms with Gasteiger partial charge in [-0.1, -0.05) is 35.2 Å². The third-order valence-electron chi connectivity index (χ3n) is 3.39. The van der Waals surface area contributed by atoms with E-state index >= 15 is 0 Å². The molecule has 132 valence electrons. The molecular weight excluding hydrogens is 371 g/mol. The van der Waals surface area contributed by atoms with Gasteiger partial charge in [-0.25, -0.2) is 0 Å². The molecule has 9 heteroatoms. The smallest absolute Gasteiger partial charge is 0.416 e. The van der Waals surface area contributed by atoms with E-state index < -0.39 is 11.7 Å². The standard InChI is InChI=1S/C16H14F3N3OS2/c1-10(11-4-6-12(7-5-11)16(17,18)19)24-15-22-21-14(25-15)20-9-13-3-2-8-23-13/h2-8,10H,9H2,1H3,(H,20,21). The molecule has 1 aromatic carbocycles. The van der Waals surface area contributed by atoms with E-state index in [1.165, 1.54) is 35.2 Å². The van der Waals surface area contributed by atoms with Gasteiger partial charge < -0.3 is 9.73 Å². The second-order valence-corrected chi connectivity index (χ2v) is 7.75.